The van der Waals surface area contributed by atoms with Crippen molar-refractivity contribution in [1.29, 1.82) is 0 Å². The summed E-state index contributed by atoms with van der Waals surface area (Å²) in [6.45, 7) is 9.14. The van der Waals surface area contributed by atoms with E-state index < -0.39 is 0 Å². The Morgan fingerprint density at radius 3 is 2.84 bits per heavy atom. The third-order valence-electron chi connectivity index (χ3n) is 3.82. The summed E-state index contributed by atoms with van der Waals surface area (Å²) in [6, 6.07) is 2.12. The molecule has 1 N–H and O–H groups in total. The Morgan fingerprint density at radius 2 is 2.05 bits per heavy atom. The van der Waals surface area contributed by atoms with Gasteiger partial charge in [-0.15, -0.1) is 0 Å². The van der Waals surface area contributed by atoms with E-state index in [1.807, 2.05) is 6.20 Å². The molecular formula is C15H28N4. The fourth-order valence-corrected chi connectivity index (χ4v) is 2.75. The van der Waals surface area contributed by atoms with Crippen LogP contribution in [-0.4, -0.2) is 40.9 Å². The van der Waals surface area contributed by atoms with Crippen molar-refractivity contribution in [1.82, 2.24) is 20.0 Å². The second-order valence-electron chi connectivity index (χ2n) is 5.48. The number of nitrogens with zero attached hydrogens (tertiary/aromatic N) is 3. The molecule has 0 radical (unpaired) electrons. The minimum absolute atomic E-state index is 0.944. The minimum Gasteiger partial charge on any atom is -0.311 e. The van der Waals surface area contributed by atoms with Crippen molar-refractivity contribution >= 4 is 0 Å². The van der Waals surface area contributed by atoms with Gasteiger partial charge in [0.15, 0.2) is 0 Å². The van der Waals surface area contributed by atoms with Crippen LogP contribution < -0.4 is 5.32 Å². The van der Waals surface area contributed by atoms with Gasteiger partial charge in [0.05, 0.1) is 5.69 Å². The quantitative estimate of drug-likeness (QED) is 0.731. The topological polar surface area (TPSA) is 33.1 Å². The van der Waals surface area contributed by atoms with E-state index in [9.17, 15) is 0 Å². The first-order valence-electron chi connectivity index (χ1n) is 7.84. The first-order chi connectivity index (χ1) is 9.40. The van der Waals surface area contributed by atoms with E-state index >= 15 is 0 Å². The van der Waals surface area contributed by atoms with Gasteiger partial charge in [0.1, 0.15) is 0 Å². The standard InChI is InChI=1S/C15H28N4/c1-2-10-19-15(7-9-17-19)14-16-8-6-13-18-11-4-3-5-12-18/h7,9,16H,2-6,8,10-14H2,1H3. The van der Waals surface area contributed by atoms with E-state index in [1.54, 1.807) is 0 Å². The summed E-state index contributed by atoms with van der Waals surface area (Å²) in [5.41, 5.74) is 1.31. The molecule has 2 rings (SSSR count). The molecule has 0 saturated carbocycles. The zero-order valence-corrected chi connectivity index (χ0v) is 12.3. The number of likely N-dealkylation sites (tertiary alicyclic amines) is 1. The monoisotopic (exact) mass is 264 g/mol. The molecule has 4 nitrogen and oxygen atoms in total. The van der Waals surface area contributed by atoms with Gasteiger partial charge >= 0.3 is 0 Å². The molecule has 0 amide bonds. The van der Waals surface area contributed by atoms with Gasteiger partial charge in [0.25, 0.3) is 0 Å². The highest BCUT2D eigenvalue weighted by Gasteiger charge is 2.08. The molecule has 0 aromatic carbocycles. The first kappa shape index (κ1) is 14.5. The van der Waals surface area contributed by atoms with Crippen molar-refractivity contribution in [2.24, 2.45) is 0 Å². The van der Waals surface area contributed by atoms with Crippen LogP contribution in [0.1, 0.15) is 44.7 Å². The average molecular weight is 264 g/mol. The molecule has 1 saturated heterocycles. The zero-order valence-electron chi connectivity index (χ0n) is 12.3. The Balaban J connectivity index is 1.57. The number of hydrogen-bond acceptors (Lipinski definition) is 3. The molecule has 1 aliphatic rings. The summed E-state index contributed by atoms with van der Waals surface area (Å²) in [6.07, 6.45) is 8.51. The van der Waals surface area contributed by atoms with E-state index in [0.29, 0.717) is 0 Å². The second-order valence-corrected chi connectivity index (χ2v) is 5.48. The maximum Gasteiger partial charge on any atom is 0.0522 e. The normalized spacial score (nSPS) is 16.9. The van der Waals surface area contributed by atoms with Gasteiger partial charge in [-0.2, -0.15) is 5.10 Å². The van der Waals surface area contributed by atoms with Gasteiger partial charge in [-0.3, -0.25) is 4.68 Å². The van der Waals surface area contributed by atoms with Gasteiger partial charge in [-0.25, -0.2) is 0 Å². The molecule has 4 heteroatoms. The molecule has 1 fully saturated rings. The lowest BCUT2D eigenvalue weighted by Gasteiger charge is -2.26. The van der Waals surface area contributed by atoms with Crippen molar-refractivity contribution in [3.05, 3.63) is 18.0 Å². The van der Waals surface area contributed by atoms with Crippen molar-refractivity contribution in [3.8, 4) is 0 Å². The lowest BCUT2D eigenvalue weighted by atomic mass is 10.1. The van der Waals surface area contributed by atoms with Gasteiger partial charge < -0.3 is 10.2 Å². The van der Waals surface area contributed by atoms with Crippen molar-refractivity contribution in [3.63, 3.8) is 0 Å². The molecular weight excluding hydrogens is 236 g/mol. The van der Waals surface area contributed by atoms with E-state index in [2.05, 4.69) is 33.0 Å². The number of nitrogens with one attached hydrogen (secondary N) is 1. The summed E-state index contributed by atoms with van der Waals surface area (Å²) in [7, 11) is 0. The van der Waals surface area contributed by atoms with Crippen molar-refractivity contribution in [2.45, 2.75) is 52.1 Å². The third-order valence-corrected chi connectivity index (χ3v) is 3.82. The Morgan fingerprint density at radius 1 is 1.21 bits per heavy atom. The molecule has 1 aromatic heterocycles. The average Bonchev–Trinajstić information content (AvgIpc) is 2.88. The fourth-order valence-electron chi connectivity index (χ4n) is 2.75. The molecule has 0 spiro atoms. The van der Waals surface area contributed by atoms with E-state index in [1.165, 1.54) is 51.0 Å². The molecule has 2 heterocycles. The Labute approximate surface area is 117 Å². The van der Waals surface area contributed by atoms with Crippen LogP contribution in [0.15, 0.2) is 12.3 Å². The Bertz CT molecular complexity index is 342. The van der Waals surface area contributed by atoms with Crippen LogP contribution in [0.2, 0.25) is 0 Å². The highest BCUT2D eigenvalue weighted by atomic mass is 15.3. The van der Waals surface area contributed by atoms with Gasteiger partial charge in [0, 0.05) is 19.3 Å². The molecule has 108 valence electrons. The second kappa shape index (κ2) is 8.33. The highest BCUT2D eigenvalue weighted by molar-refractivity contribution is 4.99. The van der Waals surface area contributed by atoms with Crippen LogP contribution in [0.3, 0.4) is 0 Å². The summed E-state index contributed by atoms with van der Waals surface area (Å²) >= 11 is 0. The number of piperidine rings is 1. The first-order valence-corrected chi connectivity index (χ1v) is 7.84. The van der Waals surface area contributed by atoms with Crippen LogP contribution in [0.25, 0.3) is 0 Å². The van der Waals surface area contributed by atoms with Crippen molar-refractivity contribution < 1.29 is 0 Å². The molecule has 0 aliphatic carbocycles. The zero-order chi connectivity index (χ0) is 13.3. The van der Waals surface area contributed by atoms with Crippen LogP contribution >= 0.6 is 0 Å². The Kier molecular flexibility index (Phi) is 6.37. The maximum atomic E-state index is 4.35. The lowest BCUT2D eigenvalue weighted by Crippen LogP contribution is -2.32. The number of aromatic nitrogens is 2. The fraction of sp³-hybridized carbons (Fsp3) is 0.800. The third kappa shape index (κ3) is 4.96. The molecule has 0 unspecified atom stereocenters. The molecule has 1 aliphatic heterocycles. The molecule has 0 bridgehead atoms. The van der Waals surface area contributed by atoms with Crippen LogP contribution in [0.5, 0.6) is 0 Å². The SMILES string of the molecule is CCCn1nccc1CNCCCN1CCCCC1. The van der Waals surface area contributed by atoms with Gasteiger partial charge in [0.2, 0.25) is 0 Å². The number of hydrogen-bond donors (Lipinski definition) is 1. The van der Waals surface area contributed by atoms with E-state index in [4.69, 9.17) is 0 Å². The molecule has 0 atom stereocenters. The maximum absolute atomic E-state index is 4.35. The van der Waals surface area contributed by atoms with Crippen LogP contribution in [-0.2, 0) is 13.1 Å². The Hall–Kier alpha value is -0.870. The van der Waals surface area contributed by atoms with Crippen LogP contribution in [0, 0.1) is 0 Å². The van der Waals surface area contributed by atoms with Crippen LogP contribution in [0.4, 0.5) is 0 Å². The van der Waals surface area contributed by atoms with E-state index in [0.717, 1.165) is 26.1 Å². The lowest BCUT2D eigenvalue weighted by molar-refractivity contribution is 0.225. The van der Waals surface area contributed by atoms with Gasteiger partial charge in [-0.1, -0.05) is 13.3 Å². The van der Waals surface area contributed by atoms with Gasteiger partial charge in [-0.05, 0) is 57.9 Å². The van der Waals surface area contributed by atoms with Crippen molar-refractivity contribution in [2.75, 3.05) is 26.2 Å². The number of rotatable bonds is 8. The minimum atomic E-state index is 0.944. The summed E-state index contributed by atoms with van der Waals surface area (Å²) < 4.78 is 2.11. The highest BCUT2D eigenvalue weighted by Crippen LogP contribution is 2.08. The summed E-state index contributed by atoms with van der Waals surface area (Å²) in [5, 5.41) is 7.89. The number of aryl methyl sites for hydroxylation is 1. The molecule has 1 aromatic rings. The molecule has 19 heavy (non-hydrogen) atoms. The van der Waals surface area contributed by atoms with E-state index in [-0.39, 0.29) is 0 Å². The summed E-state index contributed by atoms with van der Waals surface area (Å²) in [5.74, 6) is 0. The predicted octanol–water partition coefficient (Wildman–Crippen LogP) is 2.26. The predicted molar refractivity (Wildman–Crippen MR) is 79.1 cm³/mol. The smallest absolute Gasteiger partial charge is 0.0522 e. The summed E-state index contributed by atoms with van der Waals surface area (Å²) in [4.78, 5) is 2.60. The largest absolute Gasteiger partial charge is 0.311 e.